The summed E-state index contributed by atoms with van der Waals surface area (Å²) in [6.07, 6.45) is 8.88. The Bertz CT molecular complexity index is 714. The van der Waals surface area contributed by atoms with Crippen LogP contribution in [0.25, 0.3) is 12.2 Å². The summed E-state index contributed by atoms with van der Waals surface area (Å²) >= 11 is 12.4. The molecule has 1 aliphatic rings. The summed E-state index contributed by atoms with van der Waals surface area (Å²) in [4.78, 5) is 0. The van der Waals surface area contributed by atoms with Crippen LogP contribution in [0.4, 0.5) is 0 Å². The average molecular weight is 363 g/mol. The van der Waals surface area contributed by atoms with Crippen LogP contribution in [-0.4, -0.2) is 13.2 Å². The fourth-order valence-corrected chi connectivity index (χ4v) is 3.45. The van der Waals surface area contributed by atoms with Gasteiger partial charge in [0.15, 0.2) is 11.5 Å². The number of halogens is 2. The Morgan fingerprint density at radius 2 is 1.67 bits per heavy atom. The molecular weight excluding hydrogens is 343 g/mol. The fourth-order valence-electron chi connectivity index (χ4n) is 2.92. The number of benzene rings is 2. The van der Waals surface area contributed by atoms with Gasteiger partial charge in [-0.15, -0.1) is 0 Å². The Morgan fingerprint density at radius 3 is 2.33 bits per heavy atom. The summed E-state index contributed by atoms with van der Waals surface area (Å²) in [5.41, 5.74) is 1.83. The third kappa shape index (κ3) is 4.06. The molecule has 1 aliphatic carbocycles. The Labute approximate surface area is 153 Å². The van der Waals surface area contributed by atoms with Gasteiger partial charge >= 0.3 is 0 Å². The van der Waals surface area contributed by atoms with Gasteiger partial charge in [0.25, 0.3) is 0 Å². The van der Waals surface area contributed by atoms with Crippen LogP contribution < -0.4 is 9.47 Å². The van der Waals surface area contributed by atoms with Gasteiger partial charge in [0.1, 0.15) is 0 Å². The van der Waals surface area contributed by atoms with Crippen molar-refractivity contribution in [3.8, 4) is 11.5 Å². The van der Waals surface area contributed by atoms with E-state index in [1.165, 1.54) is 12.8 Å². The van der Waals surface area contributed by atoms with Gasteiger partial charge in [0.2, 0.25) is 0 Å². The Kier molecular flexibility index (Phi) is 5.70. The summed E-state index contributed by atoms with van der Waals surface area (Å²) in [5, 5.41) is 1.27. The van der Waals surface area contributed by atoms with E-state index < -0.39 is 0 Å². The third-order valence-corrected chi connectivity index (χ3v) is 4.88. The zero-order valence-electron chi connectivity index (χ0n) is 13.6. The van der Waals surface area contributed by atoms with E-state index in [1.807, 2.05) is 48.6 Å². The number of hydrogen-bond acceptors (Lipinski definition) is 2. The van der Waals surface area contributed by atoms with Crippen LogP contribution in [0.15, 0.2) is 36.4 Å². The first kappa shape index (κ1) is 17.2. The van der Waals surface area contributed by atoms with Crippen LogP contribution in [0.3, 0.4) is 0 Å². The highest BCUT2D eigenvalue weighted by molar-refractivity contribution is 6.37. The van der Waals surface area contributed by atoms with Crippen LogP contribution in [-0.2, 0) is 0 Å². The predicted octanol–water partition coefficient (Wildman–Crippen LogP) is 6.49. The lowest BCUT2D eigenvalue weighted by molar-refractivity contribution is 0.201. The smallest absolute Gasteiger partial charge is 0.162 e. The molecule has 126 valence electrons. The first-order valence-corrected chi connectivity index (χ1v) is 8.90. The molecule has 0 unspecified atom stereocenters. The summed E-state index contributed by atoms with van der Waals surface area (Å²) in [7, 11) is 1.66. The van der Waals surface area contributed by atoms with Gasteiger partial charge in [-0.25, -0.2) is 0 Å². The molecule has 1 fully saturated rings. The highest BCUT2D eigenvalue weighted by atomic mass is 35.5. The molecule has 0 N–H and O–H groups in total. The Hall–Kier alpha value is -1.64. The molecule has 0 radical (unpaired) electrons. The maximum absolute atomic E-state index is 6.21. The summed E-state index contributed by atoms with van der Waals surface area (Å²) in [5.74, 6) is 1.55. The lowest BCUT2D eigenvalue weighted by atomic mass is 10.1. The molecule has 0 atom stereocenters. The molecule has 3 rings (SSSR count). The SMILES string of the molecule is COc1ccc(/C=C/c2c(Cl)cccc2Cl)cc1OC1CCCC1. The monoisotopic (exact) mass is 362 g/mol. The highest BCUT2D eigenvalue weighted by Crippen LogP contribution is 2.33. The van der Waals surface area contributed by atoms with Crippen molar-refractivity contribution in [2.45, 2.75) is 31.8 Å². The molecule has 0 amide bonds. The van der Waals surface area contributed by atoms with Gasteiger partial charge in [-0.3, -0.25) is 0 Å². The van der Waals surface area contributed by atoms with Crippen LogP contribution in [0, 0.1) is 0 Å². The molecular formula is C20H20Cl2O2. The number of rotatable bonds is 5. The maximum atomic E-state index is 6.21. The summed E-state index contributed by atoms with van der Waals surface area (Å²) < 4.78 is 11.5. The van der Waals surface area contributed by atoms with E-state index in [0.29, 0.717) is 10.0 Å². The van der Waals surface area contributed by atoms with Crippen LogP contribution in [0.5, 0.6) is 11.5 Å². The van der Waals surface area contributed by atoms with E-state index in [0.717, 1.165) is 35.5 Å². The van der Waals surface area contributed by atoms with Crippen molar-refractivity contribution in [2.75, 3.05) is 7.11 Å². The molecule has 0 aliphatic heterocycles. The van der Waals surface area contributed by atoms with Gasteiger partial charge in [-0.05, 0) is 55.5 Å². The lowest BCUT2D eigenvalue weighted by Gasteiger charge is -2.16. The lowest BCUT2D eigenvalue weighted by Crippen LogP contribution is -2.11. The van der Waals surface area contributed by atoms with Crippen molar-refractivity contribution in [2.24, 2.45) is 0 Å². The zero-order chi connectivity index (χ0) is 16.9. The van der Waals surface area contributed by atoms with E-state index >= 15 is 0 Å². The average Bonchev–Trinajstić information content (AvgIpc) is 3.08. The van der Waals surface area contributed by atoms with Gasteiger partial charge < -0.3 is 9.47 Å². The largest absolute Gasteiger partial charge is 0.493 e. The standard InChI is InChI=1S/C20H20Cl2O2/c1-23-19-12-10-14(13-20(19)24-15-5-2-3-6-15)9-11-16-17(21)7-4-8-18(16)22/h4,7-13,15H,2-3,5-6H2,1H3/b11-9+. The summed E-state index contributed by atoms with van der Waals surface area (Å²) in [6.45, 7) is 0. The molecule has 0 heterocycles. The quantitative estimate of drug-likeness (QED) is 0.565. The molecule has 2 aromatic rings. The molecule has 0 bridgehead atoms. The minimum absolute atomic E-state index is 0.288. The van der Waals surface area contributed by atoms with Gasteiger partial charge in [-0.2, -0.15) is 0 Å². The maximum Gasteiger partial charge on any atom is 0.162 e. The normalized spacial score (nSPS) is 15.1. The zero-order valence-corrected chi connectivity index (χ0v) is 15.1. The van der Waals surface area contributed by atoms with Crippen molar-refractivity contribution in [1.82, 2.24) is 0 Å². The van der Waals surface area contributed by atoms with Gasteiger partial charge in [0, 0.05) is 15.6 Å². The second-order valence-corrected chi connectivity index (χ2v) is 6.72. The van der Waals surface area contributed by atoms with Crippen molar-refractivity contribution in [3.05, 3.63) is 57.6 Å². The fraction of sp³-hybridized carbons (Fsp3) is 0.300. The van der Waals surface area contributed by atoms with Crippen molar-refractivity contribution in [3.63, 3.8) is 0 Å². The minimum atomic E-state index is 0.288. The molecule has 4 heteroatoms. The van der Waals surface area contributed by atoms with Crippen molar-refractivity contribution >= 4 is 35.4 Å². The van der Waals surface area contributed by atoms with Gasteiger partial charge in [-0.1, -0.05) is 47.5 Å². The highest BCUT2D eigenvalue weighted by Gasteiger charge is 2.18. The molecule has 0 aromatic heterocycles. The number of methoxy groups -OCH3 is 1. The summed E-state index contributed by atoms with van der Waals surface area (Å²) in [6, 6.07) is 11.4. The van der Waals surface area contributed by atoms with E-state index in [2.05, 4.69) is 0 Å². The van der Waals surface area contributed by atoms with Crippen molar-refractivity contribution < 1.29 is 9.47 Å². The van der Waals surface area contributed by atoms with E-state index in [-0.39, 0.29) is 6.10 Å². The van der Waals surface area contributed by atoms with E-state index in [1.54, 1.807) is 7.11 Å². The van der Waals surface area contributed by atoms with E-state index in [4.69, 9.17) is 32.7 Å². The number of ether oxygens (including phenoxy) is 2. The molecule has 24 heavy (non-hydrogen) atoms. The van der Waals surface area contributed by atoms with Crippen LogP contribution >= 0.6 is 23.2 Å². The van der Waals surface area contributed by atoms with Crippen LogP contribution in [0.2, 0.25) is 10.0 Å². The number of hydrogen-bond donors (Lipinski definition) is 0. The minimum Gasteiger partial charge on any atom is -0.493 e. The molecule has 1 saturated carbocycles. The first-order valence-electron chi connectivity index (χ1n) is 8.14. The Balaban J connectivity index is 1.84. The second-order valence-electron chi connectivity index (χ2n) is 5.90. The van der Waals surface area contributed by atoms with Crippen LogP contribution in [0.1, 0.15) is 36.8 Å². The molecule has 2 aromatic carbocycles. The van der Waals surface area contributed by atoms with E-state index in [9.17, 15) is 0 Å². The topological polar surface area (TPSA) is 18.5 Å². The van der Waals surface area contributed by atoms with Gasteiger partial charge in [0.05, 0.1) is 13.2 Å². The first-order chi connectivity index (χ1) is 11.7. The predicted molar refractivity (Wildman–Crippen MR) is 101 cm³/mol. The Morgan fingerprint density at radius 1 is 0.958 bits per heavy atom. The second kappa shape index (κ2) is 7.96. The van der Waals surface area contributed by atoms with Crippen molar-refractivity contribution in [1.29, 1.82) is 0 Å². The molecule has 0 spiro atoms. The third-order valence-electron chi connectivity index (χ3n) is 4.23. The molecule has 2 nitrogen and oxygen atoms in total. The molecule has 0 saturated heterocycles.